The number of ether oxygens (including phenoxy) is 3. The highest BCUT2D eigenvalue weighted by Gasteiger charge is 2.49. The second kappa shape index (κ2) is 8.79. The average molecular weight is 429 g/mol. The van der Waals surface area contributed by atoms with Gasteiger partial charge in [0.1, 0.15) is 12.4 Å². The van der Waals surface area contributed by atoms with Gasteiger partial charge in [-0.3, -0.25) is 9.59 Å². The molecule has 3 fully saturated rings. The number of piperidine rings is 1. The predicted molar refractivity (Wildman–Crippen MR) is 114 cm³/mol. The Kier molecular flexibility index (Phi) is 5.89. The maximum Gasteiger partial charge on any atom is 0.246 e. The monoisotopic (exact) mass is 428 g/mol. The molecule has 2 atom stereocenters. The first-order valence-electron chi connectivity index (χ1n) is 11.7. The van der Waals surface area contributed by atoms with Gasteiger partial charge < -0.3 is 24.4 Å². The van der Waals surface area contributed by atoms with Gasteiger partial charge in [-0.25, -0.2) is 0 Å². The van der Waals surface area contributed by atoms with Crippen molar-refractivity contribution in [3.05, 3.63) is 29.8 Å². The van der Waals surface area contributed by atoms with Crippen LogP contribution in [-0.2, 0) is 19.1 Å². The molecule has 7 heteroatoms. The molecule has 5 aliphatic rings. The van der Waals surface area contributed by atoms with Crippen LogP contribution in [0.3, 0.4) is 0 Å². The van der Waals surface area contributed by atoms with Crippen molar-refractivity contribution in [3.8, 4) is 5.75 Å². The molecule has 2 bridgehead atoms. The van der Waals surface area contributed by atoms with Crippen molar-refractivity contribution >= 4 is 11.8 Å². The number of rotatable bonds is 0. The molecule has 1 spiro atoms. The summed E-state index contributed by atoms with van der Waals surface area (Å²) in [4.78, 5) is 27.3. The van der Waals surface area contributed by atoms with E-state index in [-0.39, 0.29) is 30.6 Å². The van der Waals surface area contributed by atoms with E-state index in [9.17, 15) is 9.59 Å². The van der Waals surface area contributed by atoms with E-state index in [4.69, 9.17) is 14.2 Å². The molecule has 31 heavy (non-hydrogen) atoms. The highest BCUT2D eigenvalue weighted by Crippen LogP contribution is 2.39. The second-order valence-electron chi connectivity index (χ2n) is 9.35. The molecule has 168 valence electrons. The van der Waals surface area contributed by atoms with Gasteiger partial charge in [0.2, 0.25) is 11.8 Å². The molecule has 0 radical (unpaired) electrons. The van der Waals surface area contributed by atoms with Crippen LogP contribution in [-0.4, -0.2) is 67.4 Å². The molecule has 1 N–H and O–H groups in total. The number of hydrogen-bond acceptors (Lipinski definition) is 5. The molecular weight excluding hydrogens is 396 g/mol. The van der Waals surface area contributed by atoms with Crippen molar-refractivity contribution in [1.82, 2.24) is 10.2 Å². The van der Waals surface area contributed by atoms with Crippen LogP contribution in [0.5, 0.6) is 5.75 Å². The third-order valence-corrected chi connectivity index (χ3v) is 7.43. The molecule has 4 heterocycles. The summed E-state index contributed by atoms with van der Waals surface area (Å²) < 4.78 is 18.2. The van der Waals surface area contributed by atoms with E-state index >= 15 is 0 Å². The molecule has 2 amide bonds. The highest BCUT2D eigenvalue weighted by molar-refractivity contribution is 5.80. The number of benzene rings is 1. The van der Waals surface area contributed by atoms with Crippen LogP contribution in [0.15, 0.2) is 24.3 Å². The summed E-state index contributed by atoms with van der Waals surface area (Å²) in [6.45, 7) is 1.97. The van der Waals surface area contributed by atoms with Crippen molar-refractivity contribution in [1.29, 1.82) is 0 Å². The fourth-order valence-electron chi connectivity index (χ4n) is 5.83. The van der Waals surface area contributed by atoms with Crippen LogP contribution in [0.1, 0.15) is 56.4 Å². The minimum absolute atomic E-state index is 0.0483. The highest BCUT2D eigenvalue weighted by atomic mass is 16.5. The maximum atomic E-state index is 13.2. The van der Waals surface area contributed by atoms with Crippen molar-refractivity contribution in [2.45, 2.75) is 68.5 Å². The van der Waals surface area contributed by atoms with Gasteiger partial charge in [-0.1, -0.05) is 18.2 Å². The molecule has 0 aromatic heterocycles. The summed E-state index contributed by atoms with van der Waals surface area (Å²) in [5, 5.41) is 3.17. The number of morpholine rings is 1. The zero-order valence-corrected chi connectivity index (χ0v) is 18.0. The Labute approximate surface area is 183 Å². The third-order valence-electron chi connectivity index (χ3n) is 7.43. The van der Waals surface area contributed by atoms with Gasteiger partial charge in [0.25, 0.3) is 0 Å². The van der Waals surface area contributed by atoms with Gasteiger partial charge in [0, 0.05) is 6.54 Å². The first-order valence-corrected chi connectivity index (χ1v) is 11.7. The Morgan fingerprint density at radius 3 is 2.77 bits per heavy atom. The standard InChI is InChI=1S/C24H32N2O5/c27-22-15-29-16-24(25-22)11-3-12-26-21(24)14-31-18-8-6-17(7-9-18)19-4-1-2-5-20(19)30-13-10-23(26)28/h1-2,4-5,17-18,21H,3,6-16H2,(H,25,27)/t17-,18+,21?,24?. The summed E-state index contributed by atoms with van der Waals surface area (Å²) in [7, 11) is 0. The largest absolute Gasteiger partial charge is 0.493 e. The zero-order chi connectivity index (χ0) is 21.3. The molecule has 2 unspecified atom stereocenters. The van der Waals surface area contributed by atoms with E-state index in [1.807, 2.05) is 17.0 Å². The van der Waals surface area contributed by atoms with Crippen molar-refractivity contribution in [2.75, 3.05) is 33.0 Å². The van der Waals surface area contributed by atoms with E-state index < -0.39 is 5.54 Å². The van der Waals surface area contributed by atoms with Gasteiger partial charge in [-0.15, -0.1) is 0 Å². The van der Waals surface area contributed by atoms with Crippen LogP contribution in [0.25, 0.3) is 0 Å². The van der Waals surface area contributed by atoms with E-state index in [1.165, 1.54) is 5.56 Å². The number of carbonyl (C=O) groups excluding carboxylic acids is 2. The summed E-state index contributed by atoms with van der Waals surface area (Å²) in [5.41, 5.74) is 0.688. The van der Waals surface area contributed by atoms with E-state index in [2.05, 4.69) is 17.4 Å². The molecule has 2 saturated heterocycles. The van der Waals surface area contributed by atoms with Crippen LogP contribution in [0.4, 0.5) is 0 Å². The van der Waals surface area contributed by atoms with Gasteiger partial charge in [-0.2, -0.15) is 0 Å². The lowest BCUT2D eigenvalue weighted by Gasteiger charge is -2.51. The molecule has 1 saturated carbocycles. The fraction of sp³-hybridized carbons (Fsp3) is 0.667. The van der Waals surface area contributed by atoms with Crippen LogP contribution in [0, 0.1) is 0 Å². The molecule has 4 aliphatic heterocycles. The van der Waals surface area contributed by atoms with Gasteiger partial charge in [-0.05, 0) is 56.1 Å². The number of nitrogens with zero attached hydrogens (tertiary/aromatic N) is 1. The van der Waals surface area contributed by atoms with Gasteiger partial charge in [0.15, 0.2) is 0 Å². The molecule has 1 aromatic rings. The molecule has 1 aliphatic carbocycles. The number of para-hydroxylation sites is 1. The number of fused-ring (bicyclic) bond motifs is 6. The Hall–Kier alpha value is -2.12. The minimum Gasteiger partial charge on any atom is -0.493 e. The average Bonchev–Trinajstić information content (AvgIpc) is 2.78. The smallest absolute Gasteiger partial charge is 0.246 e. The van der Waals surface area contributed by atoms with E-state index in [0.29, 0.717) is 38.7 Å². The topological polar surface area (TPSA) is 77.1 Å². The number of nitrogens with one attached hydrogen (secondary N) is 1. The normalized spacial score (nSPS) is 34.3. The summed E-state index contributed by atoms with van der Waals surface area (Å²) in [6, 6.07) is 8.02. The predicted octanol–water partition coefficient (Wildman–Crippen LogP) is 2.39. The summed E-state index contributed by atoms with van der Waals surface area (Å²) in [6.07, 6.45) is 6.26. The fourth-order valence-corrected chi connectivity index (χ4v) is 5.83. The summed E-state index contributed by atoms with van der Waals surface area (Å²) >= 11 is 0. The second-order valence-corrected chi connectivity index (χ2v) is 9.35. The lowest BCUT2D eigenvalue weighted by molar-refractivity contribution is -0.155. The zero-order valence-electron chi connectivity index (χ0n) is 18.0. The number of hydrogen-bond donors (Lipinski definition) is 1. The molecular formula is C24H32N2O5. The molecule has 1 aromatic carbocycles. The number of amides is 2. The Bertz CT molecular complexity index is 818. The molecule has 7 nitrogen and oxygen atoms in total. The minimum atomic E-state index is -0.565. The van der Waals surface area contributed by atoms with Crippen molar-refractivity contribution in [2.24, 2.45) is 0 Å². The van der Waals surface area contributed by atoms with Crippen LogP contribution >= 0.6 is 0 Å². The number of carbonyl (C=O) groups is 2. The first kappa shape index (κ1) is 20.8. The van der Waals surface area contributed by atoms with E-state index in [0.717, 1.165) is 44.3 Å². The quantitative estimate of drug-likeness (QED) is 0.687. The molecule has 6 rings (SSSR count). The van der Waals surface area contributed by atoms with E-state index in [1.54, 1.807) is 0 Å². The van der Waals surface area contributed by atoms with Crippen LogP contribution < -0.4 is 10.1 Å². The SMILES string of the molecule is O=C1COCC2(CCCN3C(=O)CCOc4ccccc4[C@H]4CC[C@H](CC4)OCC32)N1. The van der Waals surface area contributed by atoms with Gasteiger partial charge >= 0.3 is 0 Å². The van der Waals surface area contributed by atoms with Gasteiger partial charge in [0.05, 0.1) is 43.9 Å². The van der Waals surface area contributed by atoms with Crippen molar-refractivity contribution in [3.63, 3.8) is 0 Å². The Morgan fingerprint density at radius 2 is 1.94 bits per heavy atom. The van der Waals surface area contributed by atoms with Crippen LogP contribution in [0.2, 0.25) is 0 Å². The summed E-state index contributed by atoms with van der Waals surface area (Å²) in [5.74, 6) is 1.31. The Morgan fingerprint density at radius 1 is 1.10 bits per heavy atom. The lowest BCUT2D eigenvalue weighted by Crippen LogP contribution is -2.72. The lowest BCUT2D eigenvalue weighted by atomic mass is 9.80. The first-order chi connectivity index (χ1) is 15.1. The maximum absolute atomic E-state index is 13.2. The van der Waals surface area contributed by atoms with Crippen molar-refractivity contribution < 1.29 is 23.8 Å². The third kappa shape index (κ3) is 4.17. The Balaban J connectivity index is 1.41.